The molecule has 0 bridgehead atoms. The molecule has 0 saturated carbocycles. The molecule has 3 rings (SSSR count). The quantitative estimate of drug-likeness (QED) is 0.878. The van der Waals surface area contributed by atoms with E-state index >= 15 is 0 Å². The third-order valence-electron chi connectivity index (χ3n) is 4.58. The molecule has 1 fully saturated rings. The first-order valence-electron chi connectivity index (χ1n) is 8.90. The number of nitrogens with one attached hydrogen (secondary N) is 1. The van der Waals surface area contributed by atoms with E-state index in [0.717, 1.165) is 42.8 Å². The van der Waals surface area contributed by atoms with Crippen LogP contribution in [0.15, 0.2) is 28.8 Å². The minimum absolute atomic E-state index is 0.0143. The molecular weight excluding hydrogens is 318 g/mol. The number of amides is 2. The van der Waals surface area contributed by atoms with Crippen LogP contribution in [0.2, 0.25) is 0 Å². The zero-order chi connectivity index (χ0) is 17.8. The van der Waals surface area contributed by atoms with Gasteiger partial charge in [0, 0.05) is 18.5 Å². The summed E-state index contributed by atoms with van der Waals surface area (Å²) in [5.74, 6) is 1.56. The summed E-state index contributed by atoms with van der Waals surface area (Å²) in [5, 5.41) is 7.09. The Morgan fingerprint density at radius 1 is 1.40 bits per heavy atom. The SMILES string of the molecule is CCOc1ccccc1NC(=O)N1CCC[C@@H]1c1c(C)noc1CC. The zero-order valence-corrected chi connectivity index (χ0v) is 15.0. The summed E-state index contributed by atoms with van der Waals surface area (Å²) in [6, 6.07) is 7.40. The van der Waals surface area contributed by atoms with Gasteiger partial charge in [-0.25, -0.2) is 4.79 Å². The van der Waals surface area contributed by atoms with Crippen molar-refractivity contribution in [3.8, 4) is 5.75 Å². The molecule has 1 aliphatic heterocycles. The van der Waals surface area contributed by atoms with Crippen molar-refractivity contribution in [1.82, 2.24) is 10.1 Å². The van der Waals surface area contributed by atoms with Crippen molar-refractivity contribution >= 4 is 11.7 Å². The topological polar surface area (TPSA) is 67.6 Å². The number of para-hydroxylation sites is 2. The average molecular weight is 343 g/mol. The fourth-order valence-electron chi connectivity index (χ4n) is 3.45. The molecule has 6 heteroatoms. The Hall–Kier alpha value is -2.50. The lowest BCUT2D eigenvalue weighted by Crippen LogP contribution is -2.35. The van der Waals surface area contributed by atoms with E-state index in [1.54, 1.807) is 0 Å². The Morgan fingerprint density at radius 3 is 2.96 bits per heavy atom. The molecule has 1 saturated heterocycles. The van der Waals surface area contributed by atoms with Gasteiger partial charge in [-0.1, -0.05) is 24.2 Å². The lowest BCUT2D eigenvalue weighted by atomic mass is 10.0. The molecule has 25 heavy (non-hydrogen) atoms. The molecule has 2 heterocycles. The predicted molar refractivity (Wildman–Crippen MR) is 95.9 cm³/mol. The number of hydrogen-bond acceptors (Lipinski definition) is 4. The Bertz CT molecular complexity index is 741. The molecule has 2 amide bonds. The number of urea groups is 1. The van der Waals surface area contributed by atoms with Crippen molar-refractivity contribution < 1.29 is 14.1 Å². The number of carbonyl (C=O) groups excluding carboxylic acids is 1. The maximum atomic E-state index is 12.9. The van der Waals surface area contributed by atoms with Crippen LogP contribution in [0.3, 0.4) is 0 Å². The summed E-state index contributed by atoms with van der Waals surface area (Å²) in [5.41, 5.74) is 2.63. The average Bonchev–Trinajstić information content (AvgIpc) is 3.22. The minimum Gasteiger partial charge on any atom is -0.492 e. The van der Waals surface area contributed by atoms with Gasteiger partial charge < -0.3 is 19.5 Å². The number of ether oxygens (including phenoxy) is 1. The summed E-state index contributed by atoms with van der Waals surface area (Å²) in [4.78, 5) is 14.8. The number of aryl methyl sites for hydroxylation is 2. The largest absolute Gasteiger partial charge is 0.492 e. The normalized spacial score (nSPS) is 16.9. The Labute approximate surface area is 148 Å². The summed E-state index contributed by atoms with van der Waals surface area (Å²) in [6.45, 7) is 7.19. The van der Waals surface area contributed by atoms with Crippen LogP contribution in [0, 0.1) is 6.92 Å². The van der Waals surface area contributed by atoms with Crippen LogP contribution in [0.1, 0.15) is 49.7 Å². The molecule has 2 aromatic rings. The van der Waals surface area contributed by atoms with Crippen LogP contribution in [0.4, 0.5) is 10.5 Å². The first-order valence-corrected chi connectivity index (χ1v) is 8.90. The van der Waals surface area contributed by atoms with Crippen LogP contribution in [-0.4, -0.2) is 29.2 Å². The van der Waals surface area contributed by atoms with Gasteiger partial charge in [-0.15, -0.1) is 0 Å². The lowest BCUT2D eigenvalue weighted by molar-refractivity contribution is 0.206. The zero-order valence-electron chi connectivity index (χ0n) is 15.0. The molecule has 0 aliphatic carbocycles. The number of aromatic nitrogens is 1. The maximum Gasteiger partial charge on any atom is 0.322 e. The lowest BCUT2D eigenvalue weighted by Gasteiger charge is -2.25. The van der Waals surface area contributed by atoms with Gasteiger partial charge in [-0.3, -0.25) is 0 Å². The second-order valence-corrected chi connectivity index (χ2v) is 6.17. The van der Waals surface area contributed by atoms with E-state index in [0.29, 0.717) is 18.0 Å². The van der Waals surface area contributed by atoms with Gasteiger partial charge in [0.15, 0.2) is 0 Å². The van der Waals surface area contributed by atoms with Gasteiger partial charge in [0.05, 0.1) is 24.0 Å². The van der Waals surface area contributed by atoms with Crippen LogP contribution >= 0.6 is 0 Å². The maximum absolute atomic E-state index is 12.9. The first kappa shape index (κ1) is 17.3. The monoisotopic (exact) mass is 343 g/mol. The number of benzene rings is 1. The highest BCUT2D eigenvalue weighted by Gasteiger charge is 2.34. The Balaban J connectivity index is 1.81. The van der Waals surface area contributed by atoms with E-state index in [9.17, 15) is 4.79 Å². The van der Waals surface area contributed by atoms with Gasteiger partial charge in [0.25, 0.3) is 0 Å². The summed E-state index contributed by atoms with van der Waals surface area (Å²) in [7, 11) is 0. The van der Waals surface area contributed by atoms with Gasteiger partial charge in [-0.05, 0) is 38.8 Å². The molecule has 134 valence electrons. The number of likely N-dealkylation sites (tertiary alicyclic amines) is 1. The second kappa shape index (κ2) is 7.59. The van der Waals surface area contributed by atoms with E-state index in [4.69, 9.17) is 9.26 Å². The van der Waals surface area contributed by atoms with Crippen molar-refractivity contribution in [3.05, 3.63) is 41.3 Å². The molecule has 1 atom stereocenters. The molecule has 6 nitrogen and oxygen atoms in total. The van der Waals surface area contributed by atoms with E-state index in [1.165, 1.54) is 0 Å². The molecule has 1 N–H and O–H groups in total. The van der Waals surface area contributed by atoms with E-state index in [2.05, 4.69) is 10.5 Å². The number of rotatable bonds is 5. The fraction of sp³-hybridized carbons (Fsp3) is 0.474. The Morgan fingerprint density at radius 2 is 2.20 bits per heavy atom. The molecule has 1 aromatic heterocycles. The summed E-state index contributed by atoms with van der Waals surface area (Å²) in [6.07, 6.45) is 2.67. The number of anilines is 1. The number of nitrogens with zero attached hydrogens (tertiary/aromatic N) is 2. The van der Waals surface area contributed by atoms with Crippen molar-refractivity contribution in [2.24, 2.45) is 0 Å². The van der Waals surface area contributed by atoms with Crippen molar-refractivity contribution in [3.63, 3.8) is 0 Å². The fourth-order valence-corrected chi connectivity index (χ4v) is 3.45. The highest BCUT2D eigenvalue weighted by atomic mass is 16.5. The Kier molecular flexibility index (Phi) is 5.26. The smallest absolute Gasteiger partial charge is 0.322 e. The molecular formula is C19H25N3O3. The standard InChI is InChI=1S/C19H25N3O3/c1-4-16-18(13(3)21-25-16)15-10-8-12-22(15)19(23)20-14-9-6-7-11-17(14)24-5-2/h6-7,9,11,15H,4-5,8,10,12H2,1-3H3,(H,20,23)/t15-/m1/s1. The molecule has 1 aromatic carbocycles. The van der Waals surface area contributed by atoms with Gasteiger partial charge in [-0.2, -0.15) is 0 Å². The predicted octanol–water partition coefficient (Wildman–Crippen LogP) is 4.31. The van der Waals surface area contributed by atoms with E-state index in [1.807, 2.05) is 49.9 Å². The van der Waals surface area contributed by atoms with Crippen LogP contribution in [0.5, 0.6) is 5.75 Å². The number of carbonyl (C=O) groups is 1. The first-order chi connectivity index (χ1) is 12.2. The number of hydrogen-bond donors (Lipinski definition) is 1. The highest BCUT2D eigenvalue weighted by molar-refractivity contribution is 5.91. The molecule has 0 spiro atoms. The van der Waals surface area contributed by atoms with Gasteiger partial charge >= 0.3 is 6.03 Å². The van der Waals surface area contributed by atoms with Gasteiger partial charge in [0.1, 0.15) is 11.5 Å². The van der Waals surface area contributed by atoms with Crippen LogP contribution in [0.25, 0.3) is 0 Å². The third kappa shape index (κ3) is 3.48. The van der Waals surface area contributed by atoms with Crippen molar-refractivity contribution in [2.75, 3.05) is 18.5 Å². The van der Waals surface area contributed by atoms with Gasteiger partial charge in [0.2, 0.25) is 0 Å². The molecule has 0 radical (unpaired) electrons. The van der Waals surface area contributed by atoms with E-state index in [-0.39, 0.29) is 12.1 Å². The molecule has 1 aliphatic rings. The van der Waals surface area contributed by atoms with Crippen LogP contribution in [-0.2, 0) is 6.42 Å². The highest BCUT2D eigenvalue weighted by Crippen LogP contribution is 2.36. The van der Waals surface area contributed by atoms with Crippen LogP contribution < -0.4 is 10.1 Å². The van der Waals surface area contributed by atoms with Crippen molar-refractivity contribution in [2.45, 2.75) is 46.1 Å². The third-order valence-corrected chi connectivity index (χ3v) is 4.58. The summed E-state index contributed by atoms with van der Waals surface area (Å²) < 4.78 is 11.0. The van der Waals surface area contributed by atoms with E-state index < -0.39 is 0 Å². The summed E-state index contributed by atoms with van der Waals surface area (Å²) >= 11 is 0. The molecule has 0 unspecified atom stereocenters. The van der Waals surface area contributed by atoms with Crippen molar-refractivity contribution in [1.29, 1.82) is 0 Å². The minimum atomic E-state index is -0.114. The second-order valence-electron chi connectivity index (χ2n) is 6.17.